The number of sulfonamides is 1. The van der Waals surface area contributed by atoms with Gasteiger partial charge in [0, 0.05) is 12.6 Å². The highest BCUT2D eigenvalue weighted by molar-refractivity contribution is 7.89. The van der Waals surface area contributed by atoms with Gasteiger partial charge in [0.25, 0.3) is 0 Å². The Hall–Kier alpha value is -0.690. The maximum absolute atomic E-state index is 13.0. The first-order valence-corrected chi connectivity index (χ1v) is 7.41. The van der Waals surface area contributed by atoms with E-state index in [4.69, 9.17) is 11.6 Å². The molecule has 0 saturated carbocycles. The fourth-order valence-corrected chi connectivity index (χ4v) is 3.06. The van der Waals surface area contributed by atoms with E-state index in [0.29, 0.717) is 0 Å². The number of hydrogen-bond donors (Lipinski definition) is 2. The van der Waals surface area contributed by atoms with E-state index in [2.05, 4.69) is 10.0 Å². The highest BCUT2D eigenvalue weighted by Gasteiger charge is 2.19. The van der Waals surface area contributed by atoms with Crippen molar-refractivity contribution in [1.82, 2.24) is 10.0 Å². The molecule has 102 valence electrons. The summed E-state index contributed by atoms with van der Waals surface area (Å²) in [6.45, 7) is 4.72. The summed E-state index contributed by atoms with van der Waals surface area (Å²) >= 11 is 5.76. The molecular weight excluding hydrogens is 279 g/mol. The van der Waals surface area contributed by atoms with Gasteiger partial charge in [-0.25, -0.2) is 17.5 Å². The van der Waals surface area contributed by atoms with Crippen LogP contribution in [0, 0.1) is 5.82 Å². The topological polar surface area (TPSA) is 58.2 Å². The lowest BCUT2D eigenvalue weighted by atomic mass is 10.3. The zero-order chi connectivity index (χ0) is 13.8. The van der Waals surface area contributed by atoms with Gasteiger partial charge in [-0.3, -0.25) is 0 Å². The minimum absolute atomic E-state index is 0.00000349. The number of benzene rings is 1. The second kappa shape index (κ2) is 6.47. The molecule has 0 amide bonds. The fourth-order valence-electron chi connectivity index (χ4n) is 1.42. The lowest BCUT2D eigenvalue weighted by Crippen LogP contribution is -2.38. The molecule has 2 N–H and O–H groups in total. The Morgan fingerprint density at radius 1 is 1.44 bits per heavy atom. The van der Waals surface area contributed by atoms with Crippen LogP contribution < -0.4 is 10.0 Å². The minimum atomic E-state index is -3.79. The van der Waals surface area contributed by atoms with E-state index in [9.17, 15) is 12.8 Å². The second-order valence-electron chi connectivity index (χ2n) is 3.89. The zero-order valence-corrected chi connectivity index (χ0v) is 11.8. The van der Waals surface area contributed by atoms with E-state index >= 15 is 0 Å². The number of halogens is 2. The molecule has 18 heavy (non-hydrogen) atoms. The van der Waals surface area contributed by atoms with Crippen LogP contribution in [0.3, 0.4) is 0 Å². The summed E-state index contributed by atoms with van der Waals surface area (Å²) in [6, 6.07) is 3.22. The summed E-state index contributed by atoms with van der Waals surface area (Å²) in [5, 5.41) is 3.06. The molecule has 0 unspecified atom stereocenters. The first-order chi connectivity index (χ1) is 8.36. The minimum Gasteiger partial charge on any atom is -0.313 e. The van der Waals surface area contributed by atoms with Crippen molar-refractivity contribution in [2.75, 3.05) is 13.1 Å². The van der Waals surface area contributed by atoms with Crippen molar-refractivity contribution in [3.05, 3.63) is 29.0 Å². The van der Waals surface area contributed by atoms with E-state index in [-0.39, 0.29) is 22.5 Å². The van der Waals surface area contributed by atoms with E-state index < -0.39 is 15.8 Å². The molecule has 1 atom stereocenters. The zero-order valence-electron chi connectivity index (χ0n) is 10.2. The molecule has 0 aliphatic carbocycles. The Morgan fingerprint density at radius 3 is 2.72 bits per heavy atom. The molecule has 7 heteroatoms. The number of likely N-dealkylation sites (N-methyl/N-ethyl adjacent to an activating group) is 1. The van der Waals surface area contributed by atoms with Crippen LogP contribution in [0.25, 0.3) is 0 Å². The monoisotopic (exact) mass is 294 g/mol. The third-order valence-electron chi connectivity index (χ3n) is 2.31. The summed E-state index contributed by atoms with van der Waals surface area (Å²) in [5.74, 6) is -0.639. The predicted octanol–water partition coefficient (Wildman–Crippen LogP) is 1.76. The molecule has 1 aromatic carbocycles. The van der Waals surface area contributed by atoms with Crippen LogP contribution in [0.4, 0.5) is 4.39 Å². The van der Waals surface area contributed by atoms with Crippen LogP contribution >= 0.6 is 11.6 Å². The van der Waals surface area contributed by atoms with Crippen LogP contribution in [0.2, 0.25) is 5.02 Å². The molecule has 1 rings (SSSR count). The van der Waals surface area contributed by atoms with Gasteiger partial charge in [-0.2, -0.15) is 0 Å². The summed E-state index contributed by atoms with van der Waals surface area (Å²) < 4.78 is 39.3. The second-order valence-corrected chi connectivity index (χ2v) is 6.03. The van der Waals surface area contributed by atoms with Gasteiger partial charge in [-0.05, 0) is 31.7 Å². The van der Waals surface area contributed by atoms with E-state index in [1.165, 1.54) is 6.07 Å². The van der Waals surface area contributed by atoms with Gasteiger partial charge < -0.3 is 5.32 Å². The number of hydrogen-bond acceptors (Lipinski definition) is 3. The Kier molecular flexibility index (Phi) is 5.52. The average molecular weight is 295 g/mol. The lowest BCUT2D eigenvalue weighted by molar-refractivity contribution is 0.535. The molecule has 0 aliphatic rings. The summed E-state index contributed by atoms with van der Waals surface area (Å²) in [5.41, 5.74) is 0. The SMILES string of the molecule is CCN[C@H](C)CNS(=O)(=O)c1cc(F)ccc1Cl. The smallest absolute Gasteiger partial charge is 0.242 e. The van der Waals surface area contributed by atoms with Crippen molar-refractivity contribution in [2.24, 2.45) is 0 Å². The third-order valence-corrected chi connectivity index (χ3v) is 4.22. The molecule has 0 bridgehead atoms. The molecule has 0 spiro atoms. The van der Waals surface area contributed by atoms with Gasteiger partial charge in [0.15, 0.2) is 0 Å². The maximum atomic E-state index is 13.0. The lowest BCUT2D eigenvalue weighted by Gasteiger charge is -2.14. The Bertz CT molecular complexity index is 508. The average Bonchev–Trinajstić information content (AvgIpc) is 2.30. The fraction of sp³-hybridized carbons (Fsp3) is 0.455. The first-order valence-electron chi connectivity index (χ1n) is 5.55. The van der Waals surface area contributed by atoms with Crippen LogP contribution in [0.5, 0.6) is 0 Å². The summed E-state index contributed by atoms with van der Waals surface area (Å²) in [7, 11) is -3.79. The van der Waals surface area contributed by atoms with Crippen LogP contribution in [0.1, 0.15) is 13.8 Å². The van der Waals surface area contributed by atoms with Crippen molar-refractivity contribution < 1.29 is 12.8 Å². The molecule has 0 fully saturated rings. The Labute approximate surface area is 112 Å². The molecule has 0 aliphatic heterocycles. The van der Waals surface area contributed by atoms with E-state index in [0.717, 1.165) is 18.7 Å². The molecule has 0 saturated heterocycles. The largest absolute Gasteiger partial charge is 0.313 e. The van der Waals surface area contributed by atoms with E-state index in [1.807, 2.05) is 13.8 Å². The van der Waals surface area contributed by atoms with Gasteiger partial charge in [-0.15, -0.1) is 0 Å². The van der Waals surface area contributed by atoms with Crippen molar-refractivity contribution in [3.63, 3.8) is 0 Å². The molecule has 0 heterocycles. The van der Waals surface area contributed by atoms with Gasteiger partial charge in [0.05, 0.1) is 5.02 Å². The summed E-state index contributed by atoms with van der Waals surface area (Å²) in [6.07, 6.45) is 0. The third kappa shape index (κ3) is 4.20. The molecule has 1 aromatic rings. The van der Waals surface area contributed by atoms with Crippen molar-refractivity contribution >= 4 is 21.6 Å². The predicted molar refractivity (Wildman–Crippen MR) is 69.7 cm³/mol. The van der Waals surface area contributed by atoms with Crippen molar-refractivity contribution in [2.45, 2.75) is 24.8 Å². The van der Waals surface area contributed by atoms with Crippen molar-refractivity contribution in [3.8, 4) is 0 Å². The van der Waals surface area contributed by atoms with Crippen LogP contribution in [0.15, 0.2) is 23.1 Å². The Balaban J connectivity index is 2.83. The number of rotatable bonds is 6. The van der Waals surface area contributed by atoms with Gasteiger partial charge in [0.1, 0.15) is 10.7 Å². The normalized spacial score (nSPS) is 13.6. The molecule has 0 aromatic heterocycles. The molecular formula is C11H16ClFN2O2S. The number of nitrogens with one attached hydrogen (secondary N) is 2. The van der Waals surface area contributed by atoms with Gasteiger partial charge in [0.2, 0.25) is 10.0 Å². The maximum Gasteiger partial charge on any atom is 0.242 e. The Morgan fingerprint density at radius 2 is 2.11 bits per heavy atom. The quantitative estimate of drug-likeness (QED) is 0.840. The van der Waals surface area contributed by atoms with Crippen molar-refractivity contribution in [1.29, 1.82) is 0 Å². The molecule has 4 nitrogen and oxygen atoms in total. The van der Waals surface area contributed by atoms with Crippen LogP contribution in [-0.4, -0.2) is 27.5 Å². The highest BCUT2D eigenvalue weighted by atomic mass is 35.5. The summed E-state index contributed by atoms with van der Waals surface area (Å²) in [4.78, 5) is -0.243. The van der Waals surface area contributed by atoms with E-state index in [1.54, 1.807) is 0 Å². The van der Waals surface area contributed by atoms with Gasteiger partial charge >= 0.3 is 0 Å². The molecule has 0 radical (unpaired) electrons. The highest BCUT2D eigenvalue weighted by Crippen LogP contribution is 2.21. The first kappa shape index (κ1) is 15.4. The van der Waals surface area contributed by atoms with Crippen LogP contribution in [-0.2, 0) is 10.0 Å². The standard InChI is InChI=1S/C11H16ClFN2O2S/c1-3-14-8(2)7-15-18(16,17)11-6-9(13)4-5-10(11)12/h4-6,8,14-15H,3,7H2,1-2H3/t8-/m1/s1. The van der Waals surface area contributed by atoms with Gasteiger partial charge in [-0.1, -0.05) is 18.5 Å².